The fourth-order valence-corrected chi connectivity index (χ4v) is 4.43. The minimum atomic E-state index is -0.304. The molecule has 0 unspecified atom stereocenters. The first-order valence-corrected chi connectivity index (χ1v) is 10.8. The van der Waals surface area contributed by atoms with E-state index in [0.717, 1.165) is 22.1 Å². The molecule has 1 saturated heterocycles. The summed E-state index contributed by atoms with van der Waals surface area (Å²) in [5, 5.41) is 1.77. The van der Waals surface area contributed by atoms with Gasteiger partial charge in [-0.25, -0.2) is 4.39 Å². The van der Waals surface area contributed by atoms with Gasteiger partial charge in [-0.3, -0.25) is 9.59 Å². The lowest BCUT2D eigenvalue weighted by Gasteiger charge is -2.33. The van der Waals surface area contributed by atoms with E-state index in [1.807, 2.05) is 47.4 Å². The van der Waals surface area contributed by atoms with Crippen molar-refractivity contribution in [2.75, 3.05) is 27.2 Å². The van der Waals surface area contributed by atoms with E-state index >= 15 is 0 Å². The van der Waals surface area contributed by atoms with Crippen LogP contribution in [0.2, 0.25) is 0 Å². The van der Waals surface area contributed by atoms with E-state index in [-0.39, 0.29) is 23.5 Å². The fourth-order valence-electron chi connectivity index (χ4n) is 4.43. The number of carbonyl (C=O) groups is 2. The quantitative estimate of drug-likeness (QED) is 0.594. The van der Waals surface area contributed by atoms with Gasteiger partial charge in [-0.1, -0.05) is 36.4 Å². The Kier molecular flexibility index (Phi) is 6.40. The lowest BCUT2D eigenvalue weighted by Crippen LogP contribution is -2.43. The number of rotatable bonds is 5. The van der Waals surface area contributed by atoms with Crippen molar-refractivity contribution in [1.29, 1.82) is 0 Å². The van der Waals surface area contributed by atoms with Crippen molar-refractivity contribution in [3.8, 4) is 5.75 Å². The number of piperidine rings is 1. The monoisotopic (exact) mass is 434 g/mol. The van der Waals surface area contributed by atoms with Gasteiger partial charge >= 0.3 is 0 Å². The number of hydrogen-bond donors (Lipinski definition) is 0. The third-order valence-electron chi connectivity index (χ3n) is 6.15. The van der Waals surface area contributed by atoms with E-state index in [9.17, 15) is 14.0 Å². The number of ether oxygens (including phenoxy) is 1. The van der Waals surface area contributed by atoms with Crippen LogP contribution in [0.25, 0.3) is 10.8 Å². The van der Waals surface area contributed by atoms with Gasteiger partial charge in [-0.15, -0.1) is 0 Å². The van der Waals surface area contributed by atoms with Crippen molar-refractivity contribution in [2.24, 2.45) is 5.92 Å². The van der Waals surface area contributed by atoms with Gasteiger partial charge in [-0.2, -0.15) is 0 Å². The summed E-state index contributed by atoms with van der Waals surface area (Å²) in [6.07, 6.45) is 1.23. The summed E-state index contributed by atoms with van der Waals surface area (Å²) in [6, 6.07) is 17.7. The summed E-state index contributed by atoms with van der Waals surface area (Å²) >= 11 is 0. The third kappa shape index (κ3) is 4.44. The molecule has 4 rings (SSSR count). The molecule has 0 N–H and O–H groups in total. The lowest BCUT2D eigenvalue weighted by molar-refractivity contribution is -0.136. The summed E-state index contributed by atoms with van der Waals surface area (Å²) in [6.45, 7) is 1.43. The first-order chi connectivity index (χ1) is 15.5. The molecule has 0 radical (unpaired) electrons. The second kappa shape index (κ2) is 9.39. The highest BCUT2D eigenvalue weighted by atomic mass is 19.1. The summed E-state index contributed by atoms with van der Waals surface area (Å²) < 4.78 is 18.9. The summed E-state index contributed by atoms with van der Waals surface area (Å²) in [5.41, 5.74) is 1.41. The fraction of sp³-hybridized carbons (Fsp3) is 0.308. The molecule has 32 heavy (non-hydrogen) atoms. The molecule has 2 amide bonds. The molecular formula is C26H27FN2O3. The summed E-state index contributed by atoms with van der Waals surface area (Å²) in [7, 11) is 3.37. The average molecular weight is 435 g/mol. The second-order valence-electron chi connectivity index (χ2n) is 8.25. The Bertz CT molecular complexity index is 1140. The predicted molar refractivity (Wildman–Crippen MR) is 122 cm³/mol. The molecule has 1 aliphatic heterocycles. The van der Waals surface area contributed by atoms with E-state index < -0.39 is 0 Å². The Hall–Kier alpha value is -3.41. The Morgan fingerprint density at radius 1 is 1.03 bits per heavy atom. The maximum Gasteiger partial charge on any atom is 0.254 e. The van der Waals surface area contributed by atoms with Crippen LogP contribution in [0.4, 0.5) is 4.39 Å². The van der Waals surface area contributed by atoms with Gasteiger partial charge in [0.25, 0.3) is 5.91 Å². The molecular weight excluding hydrogens is 407 g/mol. The highest BCUT2D eigenvalue weighted by Gasteiger charge is 2.30. The number of amides is 2. The summed E-state index contributed by atoms with van der Waals surface area (Å²) in [5.74, 6) is 0.313. The minimum Gasteiger partial charge on any atom is -0.496 e. The van der Waals surface area contributed by atoms with Crippen molar-refractivity contribution in [2.45, 2.75) is 19.4 Å². The highest BCUT2D eigenvalue weighted by Crippen LogP contribution is 2.30. The van der Waals surface area contributed by atoms with Gasteiger partial charge in [0.15, 0.2) is 0 Å². The van der Waals surface area contributed by atoms with Crippen LogP contribution in [-0.2, 0) is 11.3 Å². The molecule has 1 heterocycles. The first kappa shape index (κ1) is 21.8. The Morgan fingerprint density at radius 2 is 1.75 bits per heavy atom. The number of carbonyl (C=O) groups excluding carboxylic acids is 2. The molecule has 1 aliphatic rings. The minimum absolute atomic E-state index is 0.0251. The molecule has 3 aromatic rings. The van der Waals surface area contributed by atoms with Crippen LogP contribution in [0, 0.1) is 11.7 Å². The molecule has 0 aliphatic carbocycles. The number of hydrogen-bond acceptors (Lipinski definition) is 3. The van der Waals surface area contributed by atoms with Crippen LogP contribution < -0.4 is 4.74 Å². The predicted octanol–water partition coefficient (Wildman–Crippen LogP) is 4.50. The number of methoxy groups -OCH3 is 1. The molecule has 5 nitrogen and oxygen atoms in total. The normalized spacial score (nSPS) is 14.4. The standard InChI is InChI=1S/C26H27FN2O3/c1-28(17-18-6-5-7-20(27)16-18)25(30)19-12-14-29(15-13-19)26(31)23-10-11-24(32-2)22-9-4-3-8-21(22)23/h3-11,16,19H,12-15,17H2,1-2H3. The molecule has 0 atom stereocenters. The number of halogens is 1. The van der Waals surface area contributed by atoms with Gasteiger partial charge in [0.1, 0.15) is 11.6 Å². The topological polar surface area (TPSA) is 49.9 Å². The molecule has 166 valence electrons. The van der Waals surface area contributed by atoms with Crippen molar-refractivity contribution in [1.82, 2.24) is 9.80 Å². The SMILES string of the molecule is COc1ccc(C(=O)N2CCC(C(=O)N(C)Cc3cccc(F)c3)CC2)c2ccccc12. The first-order valence-electron chi connectivity index (χ1n) is 10.8. The zero-order valence-electron chi connectivity index (χ0n) is 18.4. The molecule has 0 saturated carbocycles. The summed E-state index contributed by atoms with van der Waals surface area (Å²) in [4.78, 5) is 29.6. The molecule has 6 heteroatoms. The second-order valence-corrected chi connectivity index (χ2v) is 8.25. The smallest absolute Gasteiger partial charge is 0.254 e. The van der Waals surface area contributed by atoms with Gasteiger partial charge in [0.05, 0.1) is 7.11 Å². The number of fused-ring (bicyclic) bond motifs is 1. The third-order valence-corrected chi connectivity index (χ3v) is 6.15. The number of nitrogens with zero attached hydrogens (tertiary/aromatic N) is 2. The van der Waals surface area contributed by atoms with E-state index in [1.54, 1.807) is 25.1 Å². The van der Waals surface area contributed by atoms with E-state index in [4.69, 9.17) is 4.74 Å². The number of benzene rings is 3. The van der Waals surface area contributed by atoms with Crippen LogP contribution in [0.3, 0.4) is 0 Å². The van der Waals surface area contributed by atoms with E-state index in [2.05, 4.69) is 0 Å². The molecule has 1 fully saturated rings. The van der Waals surface area contributed by atoms with Crippen molar-refractivity contribution in [3.63, 3.8) is 0 Å². The van der Waals surface area contributed by atoms with Crippen molar-refractivity contribution < 1.29 is 18.7 Å². The van der Waals surface area contributed by atoms with Gasteiger partial charge in [-0.05, 0) is 48.1 Å². The zero-order chi connectivity index (χ0) is 22.7. The Balaban J connectivity index is 1.41. The van der Waals surface area contributed by atoms with Crippen molar-refractivity contribution in [3.05, 3.63) is 77.6 Å². The highest BCUT2D eigenvalue weighted by molar-refractivity contribution is 6.08. The van der Waals surface area contributed by atoms with Crippen LogP contribution in [0.15, 0.2) is 60.7 Å². The van der Waals surface area contributed by atoms with Crippen LogP contribution in [0.5, 0.6) is 5.75 Å². The Morgan fingerprint density at radius 3 is 2.44 bits per heavy atom. The maximum absolute atomic E-state index is 13.4. The van der Waals surface area contributed by atoms with Gasteiger partial charge in [0, 0.05) is 43.5 Å². The van der Waals surface area contributed by atoms with Crippen LogP contribution >= 0.6 is 0 Å². The molecule has 0 spiro atoms. The average Bonchev–Trinajstić information content (AvgIpc) is 2.82. The van der Waals surface area contributed by atoms with E-state index in [1.165, 1.54) is 12.1 Å². The van der Waals surface area contributed by atoms with Crippen LogP contribution in [0.1, 0.15) is 28.8 Å². The van der Waals surface area contributed by atoms with Gasteiger partial charge < -0.3 is 14.5 Å². The number of likely N-dealkylation sites (tertiary alicyclic amines) is 1. The lowest BCUT2D eigenvalue weighted by atomic mass is 9.94. The van der Waals surface area contributed by atoms with Crippen LogP contribution in [-0.4, -0.2) is 48.9 Å². The van der Waals surface area contributed by atoms with Gasteiger partial charge in [0.2, 0.25) is 5.91 Å². The molecule has 0 aromatic heterocycles. The maximum atomic E-state index is 13.4. The van der Waals surface area contributed by atoms with E-state index in [0.29, 0.717) is 38.0 Å². The molecule has 0 bridgehead atoms. The largest absolute Gasteiger partial charge is 0.496 e. The Labute approximate surface area is 187 Å². The zero-order valence-corrected chi connectivity index (χ0v) is 18.4. The van der Waals surface area contributed by atoms with Crippen molar-refractivity contribution >= 4 is 22.6 Å². The molecule has 3 aromatic carbocycles.